The Kier molecular flexibility index (Phi) is 3.41. The Hall–Kier alpha value is -1.88. The van der Waals surface area contributed by atoms with Crippen LogP contribution in [0, 0.1) is 5.92 Å². The molecule has 1 aliphatic carbocycles. The fourth-order valence-corrected chi connectivity index (χ4v) is 4.69. The first-order valence-corrected chi connectivity index (χ1v) is 8.68. The van der Waals surface area contributed by atoms with Crippen molar-refractivity contribution in [1.29, 1.82) is 0 Å². The Labute approximate surface area is 136 Å². The molecule has 1 saturated carbocycles. The number of likely N-dealkylation sites (tertiary alicyclic amines) is 1. The average Bonchev–Trinajstić information content (AvgIpc) is 3.08. The predicted molar refractivity (Wildman–Crippen MR) is 90.1 cm³/mol. The van der Waals surface area contributed by atoms with E-state index in [9.17, 15) is 4.79 Å². The van der Waals surface area contributed by atoms with Gasteiger partial charge in [0.15, 0.2) is 0 Å². The molecule has 1 aromatic heterocycles. The van der Waals surface area contributed by atoms with E-state index in [2.05, 4.69) is 16.8 Å². The van der Waals surface area contributed by atoms with Crippen LogP contribution in [-0.2, 0) is 5.54 Å². The van der Waals surface area contributed by atoms with Gasteiger partial charge in [-0.15, -0.1) is 0 Å². The SMILES string of the molecule is CCCN1C[C@@H]2CCC[C@@]1(c1nc3c(C(N)=O)cccc3[nH]1)C2. The summed E-state index contributed by atoms with van der Waals surface area (Å²) in [5, 5.41) is 0. The van der Waals surface area contributed by atoms with Crippen molar-refractivity contribution in [2.45, 2.75) is 44.6 Å². The summed E-state index contributed by atoms with van der Waals surface area (Å²) in [6.07, 6.45) is 6.06. The van der Waals surface area contributed by atoms with E-state index < -0.39 is 5.91 Å². The molecular weight excluding hydrogens is 288 g/mol. The van der Waals surface area contributed by atoms with Gasteiger partial charge in [0.25, 0.3) is 5.91 Å². The van der Waals surface area contributed by atoms with Crippen molar-refractivity contribution in [3.63, 3.8) is 0 Å². The Bertz CT molecular complexity index is 753. The highest BCUT2D eigenvalue weighted by atomic mass is 16.1. The zero-order chi connectivity index (χ0) is 16.0. The number of fused-ring (bicyclic) bond motifs is 3. The second-order valence-electron chi connectivity index (χ2n) is 7.09. The van der Waals surface area contributed by atoms with E-state index >= 15 is 0 Å². The van der Waals surface area contributed by atoms with E-state index in [1.807, 2.05) is 12.1 Å². The van der Waals surface area contributed by atoms with Gasteiger partial charge in [0, 0.05) is 6.54 Å². The highest BCUT2D eigenvalue weighted by Crippen LogP contribution is 2.49. The molecule has 1 amide bonds. The van der Waals surface area contributed by atoms with Gasteiger partial charge < -0.3 is 10.7 Å². The van der Waals surface area contributed by atoms with Crippen LogP contribution in [-0.4, -0.2) is 33.9 Å². The fourth-order valence-electron chi connectivity index (χ4n) is 4.69. The molecule has 1 aromatic carbocycles. The summed E-state index contributed by atoms with van der Waals surface area (Å²) in [4.78, 5) is 22.7. The zero-order valence-electron chi connectivity index (χ0n) is 13.6. The van der Waals surface area contributed by atoms with Crippen molar-refractivity contribution in [2.75, 3.05) is 13.1 Å². The molecule has 5 heteroatoms. The maximum atomic E-state index is 11.7. The number of nitrogens with two attached hydrogens (primary N) is 1. The largest absolute Gasteiger partial charge is 0.366 e. The average molecular weight is 312 g/mol. The number of carbonyl (C=O) groups excluding carboxylic acids is 1. The molecule has 0 unspecified atom stereocenters. The number of nitrogens with zero attached hydrogens (tertiary/aromatic N) is 2. The van der Waals surface area contributed by atoms with Crippen molar-refractivity contribution >= 4 is 16.9 Å². The van der Waals surface area contributed by atoms with Crippen LogP contribution in [0.2, 0.25) is 0 Å². The molecule has 2 fully saturated rings. The number of primary amides is 1. The van der Waals surface area contributed by atoms with Crippen molar-refractivity contribution < 1.29 is 4.79 Å². The number of hydrogen-bond donors (Lipinski definition) is 2. The van der Waals surface area contributed by atoms with Crippen LogP contribution in [0.1, 0.15) is 55.2 Å². The Balaban J connectivity index is 1.84. The third-order valence-corrected chi connectivity index (χ3v) is 5.63. The Morgan fingerprint density at radius 3 is 3.17 bits per heavy atom. The predicted octanol–water partition coefficient (Wildman–Crippen LogP) is 2.77. The summed E-state index contributed by atoms with van der Waals surface area (Å²) in [7, 11) is 0. The highest BCUT2D eigenvalue weighted by Gasteiger charge is 2.50. The van der Waals surface area contributed by atoms with Crippen LogP contribution in [0.15, 0.2) is 18.2 Å². The van der Waals surface area contributed by atoms with Crippen LogP contribution < -0.4 is 5.73 Å². The highest BCUT2D eigenvalue weighted by molar-refractivity contribution is 6.04. The Morgan fingerprint density at radius 1 is 1.52 bits per heavy atom. The number of carbonyl (C=O) groups is 1. The summed E-state index contributed by atoms with van der Waals surface area (Å²) in [6.45, 7) is 4.52. The van der Waals surface area contributed by atoms with Crippen molar-refractivity contribution in [3.8, 4) is 0 Å². The van der Waals surface area contributed by atoms with E-state index in [1.54, 1.807) is 6.07 Å². The van der Waals surface area contributed by atoms with Gasteiger partial charge in [0.1, 0.15) is 11.3 Å². The minimum atomic E-state index is -0.412. The summed E-state index contributed by atoms with van der Waals surface area (Å²) in [5.41, 5.74) is 7.67. The normalized spacial score (nSPS) is 27.6. The summed E-state index contributed by atoms with van der Waals surface area (Å²) < 4.78 is 0. The third-order valence-electron chi connectivity index (χ3n) is 5.63. The number of imidazole rings is 1. The quantitative estimate of drug-likeness (QED) is 0.911. The minimum absolute atomic E-state index is 0.0207. The number of benzene rings is 1. The van der Waals surface area contributed by atoms with Gasteiger partial charge in [-0.2, -0.15) is 0 Å². The van der Waals surface area contributed by atoms with E-state index in [1.165, 1.54) is 25.8 Å². The minimum Gasteiger partial charge on any atom is -0.366 e. The van der Waals surface area contributed by atoms with Crippen LogP contribution in [0.3, 0.4) is 0 Å². The second-order valence-corrected chi connectivity index (χ2v) is 7.09. The summed E-state index contributed by atoms with van der Waals surface area (Å²) >= 11 is 0. The van der Waals surface area contributed by atoms with Gasteiger partial charge >= 0.3 is 0 Å². The molecule has 122 valence electrons. The third kappa shape index (κ3) is 2.17. The molecule has 23 heavy (non-hydrogen) atoms. The number of nitrogens with one attached hydrogen (secondary N) is 1. The number of hydrogen-bond acceptors (Lipinski definition) is 3. The molecule has 2 aliphatic rings. The molecule has 5 nitrogen and oxygen atoms in total. The van der Waals surface area contributed by atoms with Crippen LogP contribution in [0.25, 0.3) is 11.0 Å². The van der Waals surface area contributed by atoms with Crippen molar-refractivity contribution in [2.24, 2.45) is 11.7 Å². The fraction of sp³-hybridized carbons (Fsp3) is 0.556. The maximum Gasteiger partial charge on any atom is 0.250 e. The molecule has 0 spiro atoms. The van der Waals surface area contributed by atoms with Gasteiger partial charge in [-0.25, -0.2) is 4.98 Å². The molecular formula is C18H24N4O. The van der Waals surface area contributed by atoms with Gasteiger partial charge in [0.05, 0.1) is 16.6 Å². The van der Waals surface area contributed by atoms with Gasteiger partial charge in [-0.1, -0.05) is 19.4 Å². The molecule has 0 radical (unpaired) electrons. The number of amides is 1. The number of para-hydroxylation sites is 1. The Morgan fingerprint density at radius 2 is 2.39 bits per heavy atom. The molecule has 2 aromatic rings. The lowest BCUT2D eigenvalue weighted by molar-refractivity contribution is 0.100. The molecule has 2 bridgehead atoms. The van der Waals surface area contributed by atoms with E-state index in [0.717, 1.165) is 42.2 Å². The first kappa shape index (κ1) is 14.7. The van der Waals surface area contributed by atoms with Crippen LogP contribution in [0.4, 0.5) is 0 Å². The number of rotatable bonds is 4. The molecule has 1 saturated heterocycles. The summed E-state index contributed by atoms with van der Waals surface area (Å²) in [5.74, 6) is 1.39. The van der Waals surface area contributed by atoms with E-state index in [4.69, 9.17) is 10.7 Å². The second kappa shape index (κ2) is 5.34. The molecule has 2 atom stereocenters. The monoisotopic (exact) mass is 312 g/mol. The van der Waals surface area contributed by atoms with Crippen LogP contribution >= 0.6 is 0 Å². The lowest BCUT2D eigenvalue weighted by atomic mass is 9.79. The lowest BCUT2D eigenvalue weighted by Crippen LogP contribution is -2.42. The molecule has 1 aliphatic heterocycles. The van der Waals surface area contributed by atoms with Gasteiger partial charge in [0.2, 0.25) is 0 Å². The van der Waals surface area contributed by atoms with Crippen LogP contribution in [0.5, 0.6) is 0 Å². The van der Waals surface area contributed by atoms with E-state index in [-0.39, 0.29) is 5.54 Å². The van der Waals surface area contributed by atoms with Gasteiger partial charge in [-0.05, 0) is 50.3 Å². The number of aromatic nitrogens is 2. The number of aromatic amines is 1. The first-order chi connectivity index (χ1) is 11.1. The standard InChI is InChI=1S/C18H24N4O/c1-2-9-22-11-12-5-4-8-18(22,10-12)17-20-14-7-3-6-13(16(19)23)15(14)21-17/h3,6-7,12H,2,4-5,8-11H2,1H3,(H2,19,23)(H,20,21)/t12-,18+/m1/s1. The smallest absolute Gasteiger partial charge is 0.250 e. The summed E-state index contributed by atoms with van der Waals surface area (Å²) in [6, 6.07) is 5.60. The number of H-pyrrole nitrogens is 1. The van der Waals surface area contributed by atoms with Gasteiger partial charge in [-0.3, -0.25) is 9.69 Å². The van der Waals surface area contributed by atoms with E-state index in [0.29, 0.717) is 5.56 Å². The zero-order valence-corrected chi connectivity index (χ0v) is 13.6. The lowest BCUT2D eigenvalue weighted by Gasteiger charge is -2.38. The van der Waals surface area contributed by atoms with Crippen molar-refractivity contribution in [3.05, 3.63) is 29.6 Å². The van der Waals surface area contributed by atoms with Crippen molar-refractivity contribution in [1.82, 2.24) is 14.9 Å². The molecule has 2 heterocycles. The first-order valence-electron chi connectivity index (χ1n) is 8.68. The molecule has 3 N–H and O–H groups in total. The molecule has 4 rings (SSSR count). The topological polar surface area (TPSA) is 75.0 Å². The maximum absolute atomic E-state index is 11.7.